The summed E-state index contributed by atoms with van der Waals surface area (Å²) in [6.45, 7) is 0. The Hall–Kier alpha value is -7.02. The van der Waals surface area contributed by atoms with Crippen molar-refractivity contribution in [1.29, 1.82) is 0 Å². The number of rotatable bonds is 7. The second-order valence-corrected chi connectivity index (χ2v) is 14.5. The van der Waals surface area contributed by atoms with Gasteiger partial charge in [-0.05, 0) is 107 Å². The molecule has 9 aromatic carbocycles. The van der Waals surface area contributed by atoms with E-state index in [1.165, 1.54) is 89.0 Å². The molecular weight excluding hydrogens is 661 g/mol. The summed E-state index contributed by atoms with van der Waals surface area (Å²) in [6.07, 6.45) is 0. The van der Waals surface area contributed by atoms with Gasteiger partial charge >= 0.3 is 0 Å². The van der Waals surface area contributed by atoms with Crippen molar-refractivity contribution < 1.29 is 0 Å². The highest BCUT2D eigenvalue weighted by molar-refractivity contribution is 5.89. The van der Waals surface area contributed by atoms with Crippen LogP contribution in [0.25, 0.3) is 66.8 Å². The largest absolute Gasteiger partial charge is 0.0713 e. The molecule has 0 saturated heterocycles. The molecule has 0 nitrogen and oxygen atoms in total. The molecule has 1 atom stereocenters. The monoisotopic (exact) mass is 698 g/mol. The Morgan fingerprint density at radius 2 is 0.545 bits per heavy atom. The van der Waals surface area contributed by atoms with Crippen molar-refractivity contribution in [3.8, 4) is 66.8 Å². The van der Waals surface area contributed by atoms with Gasteiger partial charge in [-0.3, -0.25) is 0 Å². The third-order valence-electron chi connectivity index (χ3n) is 11.4. The van der Waals surface area contributed by atoms with Crippen molar-refractivity contribution in [2.45, 2.75) is 5.41 Å². The van der Waals surface area contributed by atoms with Crippen molar-refractivity contribution >= 4 is 0 Å². The summed E-state index contributed by atoms with van der Waals surface area (Å²) in [5, 5.41) is 0. The number of hydrogen-bond acceptors (Lipinski definition) is 0. The Balaban J connectivity index is 1.05. The SMILES string of the molecule is c1ccc(-c2ccc(C3(c4ccccc4)c4ccccc4-c4ccc(-c5cccc(-c6ccc(-c7cccc(-c8ccccc8)c7)cc6)c5)cc43)cc2)cc1. The van der Waals surface area contributed by atoms with Crippen molar-refractivity contribution in [3.05, 3.63) is 253 Å². The van der Waals surface area contributed by atoms with Gasteiger partial charge in [-0.25, -0.2) is 0 Å². The minimum absolute atomic E-state index is 0.469. The Labute approximate surface area is 323 Å². The normalized spacial score (nSPS) is 14.3. The summed E-state index contributed by atoms with van der Waals surface area (Å²) >= 11 is 0. The van der Waals surface area contributed by atoms with Crippen molar-refractivity contribution in [3.63, 3.8) is 0 Å². The maximum Gasteiger partial charge on any atom is 0.0713 e. The van der Waals surface area contributed by atoms with Gasteiger partial charge in [0, 0.05) is 0 Å². The highest BCUT2D eigenvalue weighted by Gasteiger charge is 2.46. The fourth-order valence-electron chi connectivity index (χ4n) is 8.72. The zero-order valence-electron chi connectivity index (χ0n) is 30.4. The first-order valence-corrected chi connectivity index (χ1v) is 19.1. The molecule has 0 saturated carbocycles. The smallest absolute Gasteiger partial charge is 0.0622 e. The van der Waals surface area contributed by atoms with Crippen LogP contribution in [0.15, 0.2) is 231 Å². The van der Waals surface area contributed by atoms with Crippen LogP contribution in [0.3, 0.4) is 0 Å². The quantitative estimate of drug-likeness (QED) is 0.155. The topological polar surface area (TPSA) is 0 Å². The molecule has 55 heavy (non-hydrogen) atoms. The van der Waals surface area contributed by atoms with Crippen LogP contribution in [0.2, 0.25) is 0 Å². The van der Waals surface area contributed by atoms with Crippen LogP contribution in [0, 0.1) is 0 Å². The molecular formula is C55H38. The molecule has 0 heterocycles. The van der Waals surface area contributed by atoms with Crippen LogP contribution in [0.1, 0.15) is 22.3 Å². The van der Waals surface area contributed by atoms with E-state index in [1.807, 2.05) is 0 Å². The molecule has 0 radical (unpaired) electrons. The Morgan fingerprint density at radius 1 is 0.200 bits per heavy atom. The third kappa shape index (κ3) is 5.71. The first kappa shape index (κ1) is 32.6. The lowest BCUT2D eigenvalue weighted by molar-refractivity contribution is 0.769. The molecule has 0 fully saturated rings. The molecule has 0 spiro atoms. The Kier molecular flexibility index (Phi) is 8.16. The highest BCUT2D eigenvalue weighted by atomic mass is 14.5. The third-order valence-corrected chi connectivity index (χ3v) is 11.4. The zero-order chi connectivity index (χ0) is 36.6. The molecule has 1 unspecified atom stereocenters. The predicted molar refractivity (Wildman–Crippen MR) is 231 cm³/mol. The van der Waals surface area contributed by atoms with E-state index in [0.717, 1.165) is 0 Å². The fraction of sp³-hybridized carbons (Fsp3) is 0.0182. The summed E-state index contributed by atoms with van der Waals surface area (Å²) in [6, 6.07) is 84.5. The molecule has 10 rings (SSSR count). The maximum absolute atomic E-state index is 2.45. The van der Waals surface area contributed by atoms with Gasteiger partial charge in [0.25, 0.3) is 0 Å². The summed E-state index contributed by atoms with van der Waals surface area (Å²) < 4.78 is 0. The molecule has 1 aliphatic carbocycles. The number of hydrogen-bond donors (Lipinski definition) is 0. The van der Waals surface area contributed by atoms with Crippen LogP contribution in [0.4, 0.5) is 0 Å². The zero-order valence-corrected chi connectivity index (χ0v) is 30.4. The average molecular weight is 699 g/mol. The summed E-state index contributed by atoms with van der Waals surface area (Å²) in [4.78, 5) is 0. The average Bonchev–Trinajstić information content (AvgIpc) is 3.58. The standard InChI is InChI=1S/C55H38/c1-4-14-39(15-5-1)41-30-33-50(34-31-41)55(49-22-8-3-9-23-49)53-25-11-10-24-51(53)52-35-32-48(38-54(52)55)47-21-13-20-46(37-47)43-28-26-42(27-29-43)45-19-12-18-44(36-45)40-16-6-2-7-17-40/h1-38H. The molecule has 0 heteroatoms. The molecule has 258 valence electrons. The molecule has 1 aliphatic rings. The summed E-state index contributed by atoms with van der Waals surface area (Å²) in [5.74, 6) is 0. The van der Waals surface area contributed by atoms with E-state index in [9.17, 15) is 0 Å². The number of benzene rings is 9. The van der Waals surface area contributed by atoms with Crippen LogP contribution in [-0.4, -0.2) is 0 Å². The lowest BCUT2D eigenvalue weighted by atomic mass is 9.67. The van der Waals surface area contributed by atoms with E-state index in [1.54, 1.807) is 0 Å². The second-order valence-electron chi connectivity index (χ2n) is 14.5. The first-order chi connectivity index (χ1) is 27.3. The molecule has 0 aromatic heterocycles. The molecule has 0 aliphatic heterocycles. The molecule has 0 bridgehead atoms. The Bertz CT molecular complexity index is 2760. The molecule has 9 aromatic rings. The van der Waals surface area contributed by atoms with Crippen molar-refractivity contribution in [1.82, 2.24) is 0 Å². The first-order valence-electron chi connectivity index (χ1n) is 19.1. The van der Waals surface area contributed by atoms with Crippen molar-refractivity contribution in [2.75, 3.05) is 0 Å². The van der Waals surface area contributed by atoms with Gasteiger partial charge in [0.05, 0.1) is 5.41 Å². The molecule has 0 amide bonds. The van der Waals surface area contributed by atoms with E-state index in [-0.39, 0.29) is 0 Å². The van der Waals surface area contributed by atoms with Crippen LogP contribution in [-0.2, 0) is 5.41 Å². The van der Waals surface area contributed by atoms with Gasteiger partial charge in [0.1, 0.15) is 0 Å². The van der Waals surface area contributed by atoms with E-state index in [2.05, 4.69) is 231 Å². The summed E-state index contributed by atoms with van der Waals surface area (Å²) in [5.41, 5.74) is 19.5. The Morgan fingerprint density at radius 3 is 1.13 bits per heavy atom. The second kappa shape index (κ2) is 13.8. The van der Waals surface area contributed by atoms with Gasteiger partial charge < -0.3 is 0 Å². The van der Waals surface area contributed by atoms with Gasteiger partial charge in [-0.1, -0.05) is 212 Å². The van der Waals surface area contributed by atoms with E-state index in [0.29, 0.717) is 0 Å². The van der Waals surface area contributed by atoms with Crippen LogP contribution in [0.5, 0.6) is 0 Å². The van der Waals surface area contributed by atoms with E-state index < -0.39 is 5.41 Å². The highest BCUT2D eigenvalue weighted by Crippen LogP contribution is 2.57. The predicted octanol–water partition coefficient (Wildman–Crippen LogP) is 14.4. The van der Waals surface area contributed by atoms with Crippen molar-refractivity contribution in [2.24, 2.45) is 0 Å². The van der Waals surface area contributed by atoms with Crippen LogP contribution < -0.4 is 0 Å². The van der Waals surface area contributed by atoms with E-state index in [4.69, 9.17) is 0 Å². The minimum atomic E-state index is -0.469. The maximum atomic E-state index is 2.45. The lowest BCUT2D eigenvalue weighted by Gasteiger charge is -2.34. The van der Waals surface area contributed by atoms with Gasteiger partial charge in [0.15, 0.2) is 0 Å². The van der Waals surface area contributed by atoms with Crippen LogP contribution >= 0.6 is 0 Å². The lowest BCUT2D eigenvalue weighted by Crippen LogP contribution is -2.28. The van der Waals surface area contributed by atoms with Gasteiger partial charge in [-0.15, -0.1) is 0 Å². The van der Waals surface area contributed by atoms with Gasteiger partial charge in [0.2, 0.25) is 0 Å². The minimum Gasteiger partial charge on any atom is -0.0622 e. The van der Waals surface area contributed by atoms with Gasteiger partial charge in [-0.2, -0.15) is 0 Å². The fourth-order valence-corrected chi connectivity index (χ4v) is 8.72. The number of fused-ring (bicyclic) bond motifs is 3. The molecule has 0 N–H and O–H groups in total. The van der Waals surface area contributed by atoms with E-state index >= 15 is 0 Å². The summed E-state index contributed by atoms with van der Waals surface area (Å²) in [7, 11) is 0.